The minimum atomic E-state index is -3.61. The highest BCUT2D eigenvalue weighted by atomic mass is 32.2. The van der Waals surface area contributed by atoms with Crippen LogP contribution in [0.4, 0.5) is 0 Å². The number of sulfonamides is 1. The second kappa shape index (κ2) is 9.89. The van der Waals surface area contributed by atoms with Crippen LogP contribution in [0.1, 0.15) is 24.0 Å². The number of aromatic nitrogens is 3. The molecule has 1 saturated carbocycles. The summed E-state index contributed by atoms with van der Waals surface area (Å²) in [4.78, 5) is 12.5. The maximum absolute atomic E-state index is 12.7. The molecule has 1 fully saturated rings. The summed E-state index contributed by atoms with van der Waals surface area (Å²) in [5.74, 6) is 1.33. The zero-order valence-corrected chi connectivity index (χ0v) is 21.4. The number of hydrogen-bond acceptors (Lipinski definition) is 6. The van der Waals surface area contributed by atoms with Crippen molar-refractivity contribution in [2.24, 2.45) is 5.92 Å². The van der Waals surface area contributed by atoms with Crippen molar-refractivity contribution >= 4 is 27.7 Å². The van der Waals surface area contributed by atoms with Crippen LogP contribution in [0.25, 0.3) is 17.1 Å². The van der Waals surface area contributed by atoms with Gasteiger partial charge in [0.1, 0.15) is 0 Å². The van der Waals surface area contributed by atoms with Crippen LogP contribution in [0, 0.1) is 19.8 Å². The van der Waals surface area contributed by atoms with E-state index in [2.05, 4.69) is 15.5 Å². The van der Waals surface area contributed by atoms with Crippen LogP contribution in [0.3, 0.4) is 0 Å². The molecule has 0 radical (unpaired) electrons. The van der Waals surface area contributed by atoms with E-state index in [1.54, 1.807) is 18.2 Å². The predicted octanol–water partition coefficient (Wildman–Crippen LogP) is 3.42. The summed E-state index contributed by atoms with van der Waals surface area (Å²) in [6.45, 7) is 4.74. The molecular formula is C24H29N5O3S2. The molecule has 0 atom stereocenters. The van der Waals surface area contributed by atoms with Crippen LogP contribution in [0.15, 0.2) is 52.5 Å². The van der Waals surface area contributed by atoms with Crippen molar-refractivity contribution in [2.45, 2.75) is 36.7 Å². The fourth-order valence-corrected chi connectivity index (χ4v) is 5.39. The van der Waals surface area contributed by atoms with Crippen molar-refractivity contribution in [2.75, 3.05) is 26.4 Å². The highest BCUT2D eigenvalue weighted by Crippen LogP contribution is 2.32. The van der Waals surface area contributed by atoms with E-state index in [4.69, 9.17) is 0 Å². The summed E-state index contributed by atoms with van der Waals surface area (Å²) in [7, 11) is -0.598. The number of carbonyl (C=O) groups excluding carboxylic acids is 1. The van der Waals surface area contributed by atoms with Gasteiger partial charge in [-0.15, -0.1) is 10.2 Å². The van der Waals surface area contributed by atoms with E-state index in [0.717, 1.165) is 23.4 Å². The van der Waals surface area contributed by atoms with Gasteiger partial charge in [0, 0.05) is 26.2 Å². The third-order valence-electron chi connectivity index (χ3n) is 5.78. The van der Waals surface area contributed by atoms with Gasteiger partial charge in [-0.05, 0) is 55.9 Å². The Kier molecular flexibility index (Phi) is 7.11. The van der Waals surface area contributed by atoms with Gasteiger partial charge in [-0.1, -0.05) is 42.1 Å². The molecular weight excluding hydrogens is 470 g/mol. The van der Waals surface area contributed by atoms with Crippen LogP contribution < -0.4 is 5.32 Å². The Morgan fingerprint density at radius 1 is 1.12 bits per heavy atom. The van der Waals surface area contributed by atoms with Crippen molar-refractivity contribution in [1.82, 2.24) is 24.4 Å². The highest BCUT2D eigenvalue weighted by molar-refractivity contribution is 7.99. The van der Waals surface area contributed by atoms with Gasteiger partial charge in [-0.3, -0.25) is 9.36 Å². The Balaban J connectivity index is 1.74. The van der Waals surface area contributed by atoms with Gasteiger partial charge in [0.05, 0.1) is 16.3 Å². The van der Waals surface area contributed by atoms with Crippen molar-refractivity contribution < 1.29 is 13.2 Å². The molecule has 34 heavy (non-hydrogen) atoms. The molecule has 1 heterocycles. The predicted molar refractivity (Wildman–Crippen MR) is 134 cm³/mol. The second-order valence-corrected chi connectivity index (χ2v) is 11.8. The zero-order valence-electron chi connectivity index (χ0n) is 19.8. The zero-order chi connectivity index (χ0) is 24.5. The third kappa shape index (κ3) is 5.18. The van der Waals surface area contributed by atoms with Gasteiger partial charge < -0.3 is 5.32 Å². The molecule has 8 nitrogen and oxygen atoms in total. The topological polar surface area (TPSA) is 97.2 Å². The molecule has 0 bridgehead atoms. The average Bonchev–Trinajstić information content (AvgIpc) is 3.55. The first-order valence-electron chi connectivity index (χ1n) is 11.1. The molecule has 4 rings (SSSR count). The van der Waals surface area contributed by atoms with Crippen LogP contribution >= 0.6 is 11.8 Å². The molecule has 1 N–H and O–H groups in total. The molecule has 10 heteroatoms. The summed E-state index contributed by atoms with van der Waals surface area (Å²) in [5, 5.41) is 12.4. The van der Waals surface area contributed by atoms with Gasteiger partial charge >= 0.3 is 0 Å². The minimum absolute atomic E-state index is 0.0337. The molecule has 1 amide bonds. The summed E-state index contributed by atoms with van der Waals surface area (Å²) in [6, 6.07) is 12.7. The molecule has 0 spiro atoms. The largest absolute Gasteiger partial charge is 0.355 e. The van der Waals surface area contributed by atoms with E-state index in [1.807, 2.05) is 42.7 Å². The van der Waals surface area contributed by atoms with Crippen LogP contribution in [0.5, 0.6) is 0 Å². The van der Waals surface area contributed by atoms with Crippen molar-refractivity contribution in [1.29, 1.82) is 0 Å². The Bertz CT molecular complexity index is 1290. The fraction of sp³-hybridized carbons (Fsp3) is 0.375. The van der Waals surface area contributed by atoms with Gasteiger partial charge in [0.15, 0.2) is 11.0 Å². The third-order valence-corrected chi connectivity index (χ3v) is 8.52. The monoisotopic (exact) mass is 499 g/mol. The lowest BCUT2D eigenvalue weighted by Gasteiger charge is -2.16. The molecule has 0 saturated heterocycles. The second-order valence-electron chi connectivity index (χ2n) is 8.73. The Morgan fingerprint density at radius 3 is 2.44 bits per heavy atom. The quantitative estimate of drug-likeness (QED) is 0.453. The lowest BCUT2D eigenvalue weighted by Crippen LogP contribution is -2.27. The smallest absolute Gasteiger partial charge is 0.242 e. The number of hydrogen-bond donors (Lipinski definition) is 1. The van der Waals surface area contributed by atoms with Crippen molar-refractivity contribution in [3.63, 3.8) is 0 Å². The Labute approximate surface area is 204 Å². The van der Waals surface area contributed by atoms with E-state index < -0.39 is 10.0 Å². The van der Waals surface area contributed by atoms with E-state index in [0.29, 0.717) is 22.5 Å². The normalized spacial score (nSPS) is 13.9. The van der Waals surface area contributed by atoms with Crippen molar-refractivity contribution in [3.8, 4) is 17.1 Å². The number of benzene rings is 2. The number of nitrogens with one attached hydrogen (secondary N) is 1. The molecule has 0 aliphatic heterocycles. The Hall–Kier alpha value is -2.69. The first-order chi connectivity index (χ1) is 16.2. The van der Waals surface area contributed by atoms with Gasteiger partial charge in [0.2, 0.25) is 15.9 Å². The molecule has 2 aromatic carbocycles. The van der Waals surface area contributed by atoms with E-state index >= 15 is 0 Å². The molecule has 180 valence electrons. The summed E-state index contributed by atoms with van der Waals surface area (Å²) >= 11 is 1.32. The lowest BCUT2D eigenvalue weighted by molar-refractivity contribution is -0.118. The number of para-hydroxylation sites is 1. The standard InChI is InChI=1S/C24H29N5O3S2/c1-16-7-5-8-17(2)22(16)29-23(19-9-6-10-20(13-19)34(31,32)28(3)4)26-27-24(29)33-15-21(30)25-14-18-11-12-18/h5-10,13,18H,11-12,14-15H2,1-4H3,(H,25,30). The van der Waals surface area contributed by atoms with Crippen LogP contribution in [0.2, 0.25) is 0 Å². The van der Waals surface area contributed by atoms with Gasteiger partial charge in [-0.2, -0.15) is 0 Å². The number of amides is 1. The van der Waals surface area contributed by atoms with E-state index in [1.165, 1.54) is 43.0 Å². The lowest BCUT2D eigenvalue weighted by atomic mass is 10.1. The molecule has 1 aliphatic rings. The SMILES string of the molecule is Cc1cccc(C)c1-n1c(SCC(=O)NCC2CC2)nnc1-c1cccc(S(=O)(=O)N(C)C)c1. The van der Waals surface area contributed by atoms with Crippen molar-refractivity contribution in [3.05, 3.63) is 53.6 Å². The first-order valence-corrected chi connectivity index (χ1v) is 13.6. The number of nitrogens with zero attached hydrogens (tertiary/aromatic N) is 4. The number of thioether (sulfide) groups is 1. The van der Waals surface area contributed by atoms with E-state index in [9.17, 15) is 13.2 Å². The van der Waals surface area contributed by atoms with Gasteiger partial charge in [0.25, 0.3) is 0 Å². The summed E-state index contributed by atoms with van der Waals surface area (Å²) in [5.41, 5.74) is 3.60. The highest BCUT2D eigenvalue weighted by Gasteiger charge is 2.24. The Morgan fingerprint density at radius 2 is 1.79 bits per heavy atom. The first kappa shape index (κ1) is 24.4. The molecule has 0 unspecified atom stereocenters. The average molecular weight is 500 g/mol. The maximum atomic E-state index is 12.7. The number of aryl methyl sites for hydroxylation is 2. The number of carbonyl (C=O) groups is 1. The molecule has 1 aromatic heterocycles. The minimum Gasteiger partial charge on any atom is -0.355 e. The maximum Gasteiger partial charge on any atom is 0.242 e. The summed E-state index contributed by atoms with van der Waals surface area (Å²) < 4.78 is 28.5. The van der Waals surface area contributed by atoms with Crippen LogP contribution in [-0.4, -0.2) is 59.8 Å². The van der Waals surface area contributed by atoms with Crippen LogP contribution in [-0.2, 0) is 14.8 Å². The van der Waals surface area contributed by atoms with E-state index in [-0.39, 0.29) is 16.6 Å². The van der Waals surface area contributed by atoms with Gasteiger partial charge in [-0.25, -0.2) is 12.7 Å². The molecule has 3 aromatic rings. The molecule has 1 aliphatic carbocycles. The summed E-state index contributed by atoms with van der Waals surface area (Å²) in [6.07, 6.45) is 2.36. The number of rotatable bonds is 9. The fourth-order valence-electron chi connectivity index (χ4n) is 3.68.